The molecule has 0 saturated carbocycles. The van der Waals surface area contributed by atoms with Crippen LogP contribution < -0.4 is 27.7 Å². The number of fused-ring (bicyclic) bond motifs is 28. The van der Waals surface area contributed by atoms with E-state index in [1.54, 1.807) is 33.9 Å². The van der Waals surface area contributed by atoms with Crippen LogP contribution in [0.5, 0.6) is 5.75 Å². The van der Waals surface area contributed by atoms with E-state index in [-0.39, 0.29) is 24.9 Å². The van der Waals surface area contributed by atoms with Gasteiger partial charge in [-0.2, -0.15) is 0 Å². The fourth-order valence-corrected chi connectivity index (χ4v) is 18.8. The van der Waals surface area contributed by atoms with Crippen molar-refractivity contribution in [2.24, 2.45) is 11.5 Å². The first kappa shape index (κ1) is 74.5. The standard InChI is InChI=1S/C28H19N5O.2C25H19N5O.C21H11Br2N5/c1-2-6-17(7-3-1)16-34-18-10-11-23-21(14-18)22(15-31-23)28-32-26-19-8-4-12-29-24(19)25-20(27(26)33-28)9-5-13-30-25;26-12-22(31)30-24-18-7-2-1-5-15(18)16-10-9-14(27)11-19(16)23(24)29-25(30)20-13-28-21-8-4-3-6-17(20)21;26-12-22(31)30-13-20(17-6-3-4-8-21(17)30)25-28-23-18-7-2-1-5-15(18)16-10-9-14(27)11-19(16)24(23)29-25;22-10-7-13-14(9-26-16(13)15(23)8-10)21-27-19-11-3-1-5-24-17(11)18-12(20(19)28-21)4-2-6-25-18/h1-15,31H,16H2,(H,32,33);1-11,13,28H,12,26-27H2;1-11,13H,12,26-27H2,(H,28,29);1-9,26H,(H,27,28). The van der Waals surface area contributed by atoms with Crippen molar-refractivity contribution < 1.29 is 14.3 Å². The lowest BCUT2D eigenvalue weighted by molar-refractivity contribution is 0.0921. The van der Waals surface area contributed by atoms with E-state index in [1.165, 1.54) is 0 Å². The lowest BCUT2D eigenvalue weighted by Crippen LogP contribution is -2.21. The first-order valence-electron chi connectivity index (χ1n) is 40.0. The third-order valence-corrected chi connectivity index (χ3v) is 24.1. The predicted octanol–water partition coefficient (Wildman–Crippen LogP) is 22.1. The molecule has 0 aliphatic carbocycles. The number of carbonyl (C=O) groups is 2. The first-order valence-corrected chi connectivity index (χ1v) is 41.6. The SMILES string of the molecule is Brc1cc(Br)c2[nH]cc(-c3nc4c5cccnc5c5ncccc5c4[nH]3)c2c1.NCC(=O)n1c(-c2c[nH]c3ccccc23)nc2c3cc(N)ccc3c3ccccc3c21.NCC(=O)n1cc(-c2nc3c4cc(N)ccc4c4ccccc4c3[nH]2)c2ccccc21.c1ccc(COc2ccc3[nH]cc(-c4nc5c6cccnc6c6ncccc6c5[nH]4)c3c2)cc1. The fraction of sp³-hybridized carbons (Fsp3) is 0.0303. The number of hydrogen-bond acceptors (Lipinski definition) is 15. The van der Waals surface area contributed by atoms with Crippen LogP contribution >= 0.6 is 31.9 Å². The molecule has 0 aliphatic heterocycles. The van der Waals surface area contributed by atoms with E-state index in [4.69, 9.17) is 47.6 Å². The molecule has 0 fully saturated rings. The number of carbonyl (C=O) groups excluding carboxylic acids is 2. The quantitative estimate of drug-likeness (QED) is 0.0474. The van der Waals surface area contributed by atoms with Crippen molar-refractivity contribution in [1.82, 2.24) is 78.9 Å². The van der Waals surface area contributed by atoms with E-state index in [9.17, 15) is 9.59 Å². The number of H-pyrrole nitrogens is 6. The molecule has 0 aliphatic rings. The Morgan fingerprint density at radius 2 is 0.839 bits per heavy atom. The van der Waals surface area contributed by atoms with Crippen LogP contribution in [0.4, 0.5) is 11.4 Å². The van der Waals surface area contributed by atoms with Gasteiger partial charge in [-0.15, -0.1) is 0 Å². The van der Waals surface area contributed by atoms with Crippen LogP contribution in [-0.2, 0) is 6.61 Å². The molecule has 0 atom stereocenters. The second kappa shape index (κ2) is 30.2. The highest BCUT2D eigenvalue weighted by Gasteiger charge is 2.27. The largest absolute Gasteiger partial charge is 0.489 e. The van der Waals surface area contributed by atoms with Gasteiger partial charge in [0.1, 0.15) is 35.7 Å². The molecule has 124 heavy (non-hydrogen) atoms. The van der Waals surface area contributed by atoms with Crippen molar-refractivity contribution in [2.75, 3.05) is 24.6 Å². The van der Waals surface area contributed by atoms with E-state index < -0.39 is 0 Å². The van der Waals surface area contributed by atoms with Gasteiger partial charge in [0, 0.05) is 168 Å². The molecule has 0 radical (unpaired) electrons. The average Bonchev–Trinajstić information content (AvgIpc) is 1.55. The summed E-state index contributed by atoms with van der Waals surface area (Å²) < 4.78 is 11.4. The number of nitrogens with two attached hydrogens (primary N) is 4. The van der Waals surface area contributed by atoms with Crippen molar-refractivity contribution >= 4 is 229 Å². The van der Waals surface area contributed by atoms with E-state index in [1.807, 2.05) is 213 Å². The van der Waals surface area contributed by atoms with Crippen molar-refractivity contribution in [3.05, 3.63) is 307 Å². The van der Waals surface area contributed by atoms with Gasteiger partial charge in [-0.1, -0.05) is 143 Å². The molecule has 23 nitrogen and oxygen atoms in total. The minimum Gasteiger partial charge on any atom is -0.489 e. The zero-order valence-electron chi connectivity index (χ0n) is 65.6. The topological polar surface area (TPSA) is 355 Å². The number of benzene rings is 13. The molecule has 0 bridgehead atoms. The monoisotopic (exact) mass is 1740 g/mol. The van der Waals surface area contributed by atoms with Gasteiger partial charge in [0.15, 0.2) is 0 Å². The summed E-state index contributed by atoms with van der Waals surface area (Å²) in [5.41, 5.74) is 44.3. The Bertz CT molecular complexity index is 8550. The van der Waals surface area contributed by atoms with Gasteiger partial charge in [0.25, 0.3) is 0 Å². The minimum atomic E-state index is -0.212. The lowest BCUT2D eigenvalue weighted by Gasteiger charge is -2.10. The Morgan fingerprint density at radius 1 is 0.363 bits per heavy atom. The van der Waals surface area contributed by atoms with Gasteiger partial charge in [0.05, 0.1) is 90.3 Å². The van der Waals surface area contributed by atoms with Crippen molar-refractivity contribution in [1.29, 1.82) is 0 Å². The third-order valence-electron chi connectivity index (χ3n) is 23.1. The van der Waals surface area contributed by atoms with Crippen LogP contribution in [0.15, 0.2) is 301 Å². The van der Waals surface area contributed by atoms with Crippen molar-refractivity contribution in [3.8, 4) is 51.3 Å². The Morgan fingerprint density at radius 3 is 1.47 bits per heavy atom. The van der Waals surface area contributed by atoms with Crippen LogP contribution in [0.1, 0.15) is 15.2 Å². The maximum Gasteiger partial charge on any atom is 0.246 e. The number of aromatic nitrogens is 16. The van der Waals surface area contributed by atoms with Crippen LogP contribution in [0, 0.1) is 0 Å². The van der Waals surface area contributed by atoms with Crippen LogP contribution in [0.3, 0.4) is 0 Å². The second-order valence-corrected chi connectivity index (χ2v) is 32.0. The molecule has 596 valence electrons. The number of ether oxygens (including phenoxy) is 1. The molecular weight excluding hydrogens is 1680 g/mol. The Labute approximate surface area is 718 Å². The third kappa shape index (κ3) is 12.5. The van der Waals surface area contributed by atoms with Gasteiger partial charge in [-0.25, -0.2) is 19.9 Å². The summed E-state index contributed by atoms with van der Waals surface area (Å²) in [7, 11) is 0. The second-order valence-electron chi connectivity index (χ2n) is 30.3. The molecule has 13 aromatic carbocycles. The number of halogens is 2. The highest BCUT2D eigenvalue weighted by atomic mass is 79.9. The summed E-state index contributed by atoms with van der Waals surface area (Å²) in [6, 6.07) is 80.2. The predicted molar refractivity (Wildman–Crippen MR) is 506 cm³/mol. The molecule has 0 spiro atoms. The van der Waals surface area contributed by atoms with Crippen LogP contribution in [0.2, 0.25) is 0 Å². The van der Waals surface area contributed by atoms with Gasteiger partial charge >= 0.3 is 0 Å². The number of imidazole rings is 4. The van der Waals surface area contributed by atoms with Gasteiger partial charge < -0.3 is 57.6 Å². The van der Waals surface area contributed by atoms with Crippen molar-refractivity contribution in [3.63, 3.8) is 0 Å². The molecule has 0 amide bonds. The Balaban J connectivity index is 0.0000000985. The minimum absolute atomic E-state index is 0.0627. The Kier molecular flexibility index (Phi) is 18.1. The van der Waals surface area contributed by atoms with Gasteiger partial charge in [-0.3, -0.25) is 38.7 Å². The number of rotatable bonds is 9. The molecule has 12 heterocycles. The number of nitrogens with zero attached hydrogens (tertiary/aromatic N) is 10. The molecule has 25 rings (SSSR count). The molecule has 25 aromatic rings. The Hall–Kier alpha value is -15.8. The molecular formula is C99H68Br2N20O3. The smallest absolute Gasteiger partial charge is 0.246 e. The van der Waals surface area contributed by atoms with Crippen LogP contribution in [-0.4, -0.2) is 104 Å². The normalized spacial score (nSPS) is 11.8. The van der Waals surface area contributed by atoms with Gasteiger partial charge in [-0.05, 0) is 158 Å². The van der Waals surface area contributed by atoms with Gasteiger partial charge in [0.2, 0.25) is 11.8 Å². The first-order chi connectivity index (χ1) is 60.9. The summed E-state index contributed by atoms with van der Waals surface area (Å²) >= 11 is 7.21. The molecule has 12 aromatic heterocycles. The number of nitrogen functional groups attached to an aromatic ring is 2. The zero-order chi connectivity index (χ0) is 83.5. The maximum atomic E-state index is 13.2. The van der Waals surface area contributed by atoms with E-state index in [2.05, 4.69) is 136 Å². The molecule has 0 unspecified atom stereocenters. The number of hydrogen-bond donors (Lipinski definition) is 10. The summed E-state index contributed by atoms with van der Waals surface area (Å²) in [5.74, 6) is 3.32. The summed E-state index contributed by atoms with van der Waals surface area (Å²) in [5, 5.41) is 16.4. The van der Waals surface area contributed by atoms with E-state index >= 15 is 0 Å². The number of pyridine rings is 4. The summed E-state index contributed by atoms with van der Waals surface area (Å²) in [4.78, 5) is 84.5. The fourth-order valence-electron chi connectivity index (χ4n) is 17.5. The number of para-hydroxylation sites is 2. The zero-order valence-corrected chi connectivity index (χ0v) is 68.8. The maximum absolute atomic E-state index is 13.2. The highest BCUT2D eigenvalue weighted by molar-refractivity contribution is 9.11. The van der Waals surface area contributed by atoms with Crippen molar-refractivity contribution in [2.45, 2.75) is 6.61 Å². The number of nitrogens with one attached hydrogen (secondary N) is 6. The lowest BCUT2D eigenvalue weighted by atomic mass is 9.99. The number of aromatic amines is 6. The molecule has 14 N–H and O–H groups in total. The summed E-state index contributed by atoms with van der Waals surface area (Å²) in [6.45, 7) is 0.339. The molecule has 0 saturated heterocycles. The summed E-state index contributed by atoms with van der Waals surface area (Å²) in [6.07, 6.45) is 14.9. The highest BCUT2D eigenvalue weighted by Crippen LogP contribution is 2.44. The van der Waals surface area contributed by atoms with E-state index in [0.29, 0.717) is 29.6 Å². The van der Waals surface area contributed by atoms with Crippen LogP contribution in [0.25, 0.3) is 220 Å². The van der Waals surface area contributed by atoms with E-state index in [0.717, 1.165) is 229 Å². The average molecular weight is 1750 g/mol. The number of anilines is 2. The molecule has 25 heteroatoms.